The number of pyridine rings is 1. The Hall–Kier alpha value is -0.650. The van der Waals surface area contributed by atoms with Gasteiger partial charge >= 0.3 is 0 Å². The van der Waals surface area contributed by atoms with Gasteiger partial charge in [-0.3, -0.25) is 0 Å². The Morgan fingerprint density at radius 3 is 2.94 bits per heavy atom. The minimum atomic E-state index is -3.15. The van der Waals surface area contributed by atoms with Crippen LogP contribution in [0.25, 0.3) is 0 Å². The SMILES string of the molecule is Cc1cc(Cl)ncc1CN1CCCC(C)S1(=O)=O. The number of aromatic nitrogens is 1. The van der Waals surface area contributed by atoms with Crippen molar-refractivity contribution >= 4 is 21.6 Å². The summed E-state index contributed by atoms with van der Waals surface area (Å²) in [5.74, 6) is 0. The maximum absolute atomic E-state index is 12.2. The van der Waals surface area contributed by atoms with E-state index >= 15 is 0 Å². The Labute approximate surface area is 113 Å². The van der Waals surface area contributed by atoms with Crippen molar-refractivity contribution in [3.05, 3.63) is 28.5 Å². The maximum atomic E-state index is 12.2. The van der Waals surface area contributed by atoms with Crippen molar-refractivity contribution in [3.63, 3.8) is 0 Å². The first kappa shape index (κ1) is 13.8. The third-order valence-corrected chi connectivity index (χ3v) is 5.91. The Bertz CT molecular complexity index is 545. The number of hydrogen-bond acceptors (Lipinski definition) is 3. The molecule has 0 radical (unpaired) electrons. The van der Waals surface area contributed by atoms with Crippen LogP contribution in [-0.4, -0.2) is 29.5 Å². The Morgan fingerprint density at radius 2 is 2.28 bits per heavy atom. The highest BCUT2D eigenvalue weighted by molar-refractivity contribution is 7.89. The molecule has 0 bridgehead atoms. The summed E-state index contributed by atoms with van der Waals surface area (Å²) in [6, 6.07) is 1.76. The number of nitrogens with zero attached hydrogens (tertiary/aromatic N) is 2. The Kier molecular flexibility index (Phi) is 3.94. The molecule has 4 nitrogen and oxygen atoms in total. The van der Waals surface area contributed by atoms with E-state index in [9.17, 15) is 8.42 Å². The molecule has 1 aliphatic heterocycles. The highest BCUT2D eigenvalue weighted by Gasteiger charge is 2.32. The highest BCUT2D eigenvalue weighted by Crippen LogP contribution is 2.24. The van der Waals surface area contributed by atoms with Gasteiger partial charge < -0.3 is 0 Å². The molecule has 0 aromatic carbocycles. The fourth-order valence-corrected chi connectivity index (χ4v) is 4.05. The van der Waals surface area contributed by atoms with E-state index in [1.807, 2.05) is 6.92 Å². The standard InChI is InChI=1S/C12H17ClN2O2S/c1-9-6-12(13)14-7-11(9)8-15-5-3-4-10(2)18(15,16)17/h6-7,10H,3-5,8H2,1-2H3. The van der Waals surface area contributed by atoms with Crippen LogP contribution < -0.4 is 0 Å². The summed E-state index contributed by atoms with van der Waals surface area (Å²) in [6.45, 7) is 4.68. The lowest BCUT2D eigenvalue weighted by Gasteiger charge is -2.30. The van der Waals surface area contributed by atoms with Gasteiger partial charge in [0.1, 0.15) is 5.15 Å². The van der Waals surface area contributed by atoms with E-state index in [2.05, 4.69) is 4.98 Å². The van der Waals surface area contributed by atoms with E-state index in [0.717, 1.165) is 24.0 Å². The molecule has 0 N–H and O–H groups in total. The Balaban J connectivity index is 2.23. The third-order valence-electron chi connectivity index (χ3n) is 3.42. The summed E-state index contributed by atoms with van der Waals surface area (Å²) in [5.41, 5.74) is 1.89. The van der Waals surface area contributed by atoms with Crippen LogP contribution in [0, 0.1) is 6.92 Å². The van der Waals surface area contributed by atoms with Crippen LogP contribution in [0.3, 0.4) is 0 Å². The molecule has 6 heteroatoms. The summed E-state index contributed by atoms with van der Waals surface area (Å²) in [5, 5.41) is 0.151. The first-order valence-corrected chi connectivity index (χ1v) is 7.89. The molecule has 2 heterocycles. The topological polar surface area (TPSA) is 50.3 Å². The number of aryl methyl sites for hydroxylation is 1. The fourth-order valence-electron chi connectivity index (χ4n) is 2.16. The van der Waals surface area contributed by atoms with Gasteiger partial charge in [0.05, 0.1) is 5.25 Å². The van der Waals surface area contributed by atoms with E-state index in [4.69, 9.17) is 11.6 Å². The van der Waals surface area contributed by atoms with E-state index in [1.165, 1.54) is 0 Å². The number of sulfonamides is 1. The molecular weight excluding hydrogens is 272 g/mol. The van der Waals surface area contributed by atoms with Crippen LogP contribution in [-0.2, 0) is 16.6 Å². The summed E-state index contributed by atoms with van der Waals surface area (Å²) < 4.78 is 25.9. The summed E-state index contributed by atoms with van der Waals surface area (Å²) in [6.07, 6.45) is 3.32. The number of halogens is 1. The van der Waals surface area contributed by atoms with E-state index < -0.39 is 10.0 Å². The molecule has 1 atom stereocenters. The van der Waals surface area contributed by atoms with Gasteiger partial charge in [-0.25, -0.2) is 13.4 Å². The van der Waals surface area contributed by atoms with Gasteiger partial charge in [0.2, 0.25) is 10.0 Å². The average molecular weight is 289 g/mol. The van der Waals surface area contributed by atoms with Crippen LogP contribution in [0.2, 0.25) is 5.15 Å². The van der Waals surface area contributed by atoms with Crippen LogP contribution in [0.15, 0.2) is 12.3 Å². The first-order chi connectivity index (χ1) is 8.41. The summed E-state index contributed by atoms with van der Waals surface area (Å²) in [4.78, 5) is 4.02. The van der Waals surface area contributed by atoms with Crippen molar-refractivity contribution in [2.75, 3.05) is 6.54 Å². The van der Waals surface area contributed by atoms with Gasteiger partial charge in [0.15, 0.2) is 0 Å². The largest absolute Gasteiger partial charge is 0.244 e. The predicted octanol–water partition coefficient (Wildman–Crippen LogP) is 2.36. The lowest BCUT2D eigenvalue weighted by Crippen LogP contribution is -2.42. The third kappa shape index (κ3) is 2.68. The van der Waals surface area contributed by atoms with E-state index in [-0.39, 0.29) is 5.25 Å². The van der Waals surface area contributed by atoms with Crippen molar-refractivity contribution in [2.24, 2.45) is 0 Å². The molecule has 1 aromatic rings. The number of rotatable bonds is 2. The summed E-state index contributed by atoms with van der Waals surface area (Å²) in [7, 11) is -3.15. The molecule has 18 heavy (non-hydrogen) atoms. The molecule has 0 aliphatic carbocycles. The second kappa shape index (κ2) is 5.15. The van der Waals surface area contributed by atoms with E-state index in [0.29, 0.717) is 18.2 Å². The minimum Gasteiger partial charge on any atom is -0.244 e. The van der Waals surface area contributed by atoms with Gasteiger partial charge in [-0.15, -0.1) is 0 Å². The second-order valence-electron chi connectivity index (χ2n) is 4.76. The smallest absolute Gasteiger partial charge is 0.217 e. The zero-order chi connectivity index (χ0) is 13.3. The zero-order valence-corrected chi connectivity index (χ0v) is 12.1. The molecule has 0 saturated carbocycles. The lowest BCUT2D eigenvalue weighted by molar-refractivity contribution is 0.361. The predicted molar refractivity (Wildman–Crippen MR) is 72.0 cm³/mol. The molecule has 100 valence electrons. The second-order valence-corrected chi connectivity index (χ2v) is 7.50. The van der Waals surface area contributed by atoms with Gasteiger partial charge in [-0.1, -0.05) is 11.6 Å². The lowest BCUT2D eigenvalue weighted by atomic mass is 10.1. The number of hydrogen-bond donors (Lipinski definition) is 0. The molecule has 2 rings (SSSR count). The molecule has 1 unspecified atom stereocenters. The van der Waals surface area contributed by atoms with Gasteiger partial charge in [-0.2, -0.15) is 4.31 Å². The van der Waals surface area contributed by atoms with Crippen LogP contribution in [0.4, 0.5) is 0 Å². The van der Waals surface area contributed by atoms with E-state index in [1.54, 1.807) is 23.5 Å². The van der Waals surface area contributed by atoms with Crippen molar-refractivity contribution in [1.29, 1.82) is 0 Å². The molecule has 0 spiro atoms. The molecule has 0 amide bonds. The van der Waals surface area contributed by atoms with Gasteiger partial charge in [0.25, 0.3) is 0 Å². The van der Waals surface area contributed by atoms with Crippen LogP contribution >= 0.6 is 11.6 Å². The normalized spacial score (nSPS) is 24.1. The van der Waals surface area contributed by atoms with Crippen molar-refractivity contribution in [2.45, 2.75) is 38.5 Å². The average Bonchev–Trinajstić information content (AvgIpc) is 2.28. The molecular formula is C12H17ClN2O2S. The highest BCUT2D eigenvalue weighted by atomic mass is 35.5. The van der Waals surface area contributed by atoms with Crippen LogP contribution in [0.5, 0.6) is 0 Å². The van der Waals surface area contributed by atoms with Crippen molar-refractivity contribution < 1.29 is 8.42 Å². The zero-order valence-electron chi connectivity index (χ0n) is 10.6. The van der Waals surface area contributed by atoms with Gasteiger partial charge in [0, 0.05) is 19.3 Å². The maximum Gasteiger partial charge on any atom is 0.217 e. The minimum absolute atomic E-state index is 0.285. The monoisotopic (exact) mass is 288 g/mol. The molecule has 1 fully saturated rings. The van der Waals surface area contributed by atoms with Gasteiger partial charge in [-0.05, 0) is 43.9 Å². The quantitative estimate of drug-likeness (QED) is 0.785. The Morgan fingerprint density at radius 1 is 1.56 bits per heavy atom. The first-order valence-electron chi connectivity index (χ1n) is 6.01. The van der Waals surface area contributed by atoms with Crippen molar-refractivity contribution in [1.82, 2.24) is 9.29 Å². The summed E-state index contributed by atoms with van der Waals surface area (Å²) >= 11 is 5.80. The fraction of sp³-hybridized carbons (Fsp3) is 0.583. The van der Waals surface area contributed by atoms with Crippen molar-refractivity contribution in [3.8, 4) is 0 Å². The van der Waals surface area contributed by atoms with Crippen LogP contribution in [0.1, 0.15) is 30.9 Å². The molecule has 1 saturated heterocycles. The molecule has 1 aliphatic rings. The molecule has 1 aromatic heterocycles.